The van der Waals surface area contributed by atoms with Gasteiger partial charge in [0.25, 0.3) is 0 Å². The number of rotatable bonds is 7. The second-order valence-electron chi connectivity index (χ2n) is 4.30. The molecule has 0 aliphatic carbocycles. The molecule has 1 heterocycles. The molecule has 1 aromatic heterocycles. The molecule has 0 spiro atoms. The fourth-order valence-corrected chi connectivity index (χ4v) is 2.50. The number of ketones is 1. The van der Waals surface area contributed by atoms with E-state index in [0.717, 1.165) is 25.7 Å². The predicted molar refractivity (Wildman–Crippen MR) is 79.3 cm³/mol. The van der Waals surface area contributed by atoms with Crippen molar-refractivity contribution in [3.63, 3.8) is 0 Å². The Morgan fingerprint density at radius 2 is 2.11 bits per heavy atom. The van der Waals surface area contributed by atoms with Crippen molar-refractivity contribution < 1.29 is 14.3 Å². The van der Waals surface area contributed by atoms with Crippen molar-refractivity contribution in [3.8, 4) is 5.06 Å². The first-order valence-electron chi connectivity index (χ1n) is 6.15. The molecule has 0 saturated heterocycles. The van der Waals surface area contributed by atoms with E-state index in [2.05, 4.69) is 6.92 Å². The van der Waals surface area contributed by atoms with Gasteiger partial charge in [-0.3, -0.25) is 4.79 Å². The zero-order valence-electron chi connectivity index (χ0n) is 10.8. The molecule has 1 rings (SSSR count). The van der Waals surface area contributed by atoms with Gasteiger partial charge in [0, 0.05) is 5.92 Å². The monoisotopic (exact) mass is 293 g/mol. The van der Waals surface area contributed by atoms with E-state index < -0.39 is 6.09 Å². The van der Waals surface area contributed by atoms with Crippen LogP contribution >= 0.6 is 11.3 Å². The van der Waals surface area contributed by atoms with Crippen LogP contribution in [0.4, 0.5) is 4.79 Å². The Bertz CT molecular complexity index is 420. The zero-order chi connectivity index (χ0) is 13.5. The molecule has 0 fully saturated rings. The van der Waals surface area contributed by atoms with Crippen molar-refractivity contribution in [3.05, 3.63) is 17.0 Å². The second-order valence-corrected chi connectivity index (χ2v) is 5.18. The Balaban J connectivity index is 0.00000324. The van der Waals surface area contributed by atoms with Crippen LogP contribution in [-0.2, 0) is 0 Å². The van der Waals surface area contributed by atoms with Gasteiger partial charge in [-0.15, -0.1) is 11.3 Å². The average molecular weight is 293 g/mol. The molecule has 1 amide bonds. The average Bonchev–Trinajstić information content (AvgIpc) is 2.75. The van der Waals surface area contributed by atoms with Gasteiger partial charge in [-0.1, -0.05) is 33.1 Å². The van der Waals surface area contributed by atoms with Gasteiger partial charge in [0.05, 0.1) is 5.56 Å². The molecule has 19 heavy (non-hydrogen) atoms. The van der Waals surface area contributed by atoms with Crippen molar-refractivity contribution in [2.24, 2.45) is 11.7 Å². The Morgan fingerprint density at radius 1 is 1.42 bits per heavy atom. The van der Waals surface area contributed by atoms with Crippen LogP contribution in [0.3, 0.4) is 0 Å². The van der Waals surface area contributed by atoms with Crippen molar-refractivity contribution in [2.45, 2.75) is 39.5 Å². The molecule has 0 aliphatic rings. The van der Waals surface area contributed by atoms with Gasteiger partial charge in [-0.2, -0.15) is 0 Å². The Labute approximate surface area is 140 Å². The quantitative estimate of drug-likeness (QED) is 0.477. The van der Waals surface area contributed by atoms with Crippen LogP contribution in [0.25, 0.3) is 0 Å². The predicted octanol–water partition coefficient (Wildman–Crippen LogP) is 2.96. The molecule has 0 aliphatic heterocycles. The van der Waals surface area contributed by atoms with Gasteiger partial charge >= 0.3 is 35.7 Å². The summed E-state index contributed by atoms with van der Waals surface area (Å²) in [6, 6.07) is 1.68. The van der Waals surface area contributed by atoms with Crippen molar-refractivity contribution in [2.75, 3.05) is 0 Å². The van der Waals surface area contributed by atoms with Gasteiger partial charge < -0.3 is 10.5 Å². The summed E-state index contributed by atoms with van der Waals surface area (Å²) in [4.78, 5) is 22.9. The first-order chi connectivity index (χ1) is 8.56. The Morgan fingerprint density at radius 3 is 2.68 bits per heavy atom. The number of Topliss-reactive ketones (excluding diaryl/α,β-unsaturated/α-hetero) is 1. The van der Waals surface area contributed by atoms with Crippen LogP contribution in [0, 0.1) is 5.92 Å². The first kappa shape index (κ1) is 18.6. The molecule has 1 unspecified atom stereocenters. The summed E-state index contributed by atoms with van der Waals surface area (Å²) in [6.07, 6.45) is 3.28. The van der Waals surface area contributed by atoms with Crippen molar-refractivity contribution in [1.82, 2.24) is 0 Å². The number of thiophene rings is 1. The standard InChI is InChI=1S/C13H19NO3S.Na.H/c1-3-4-5-6-9(2)11(15)10-7-8-18-12(10)17-13(14)16;;/h7-9H,3-6H2,1-2H3,(H2,14,16);;. The molecule has 2 N–H and O–H groups in total. The number of hydrogen-bond donors (Lipinski definition) is 1. The second kappa shape index (κ2) is 9.53. The SMILES string of the molecule is CCCCCC(C)C(=O)c1ccsc1OC(N)=O.[NaH]. The van der Waals surface area contributed by atoms with Gasteiger partial charge in [-0.05, 0) is 17.9 Å². The van der Waals surface area contributed by atoms with Crippen molar-refractivity contribution in [1.29, 1.82) is 0 Å². The normalized spacial score (nSPS) is 11.5. The van der Waals surface area contributed by atoms with Gasteiger partial charge in [0.2, 0.25) is 0 Å². The number of hydrogen-bond acceptors (Lipinski definition) is 4. The van der Waals surface area contributed by atoms with Crippen LogP contribution in [0.5, 0.6) is 5.06 Å². The third kappa shape index (κ3) is 6.08. The van der Waals surface area contributed by atoms with Gasteiger partial charge in [0.1, 0.15) is 0 Å². The van der Waals surface area contributed by atoms with E-state index in [0.29, 0.717) is 10.6 Å². The zero-order valence-corrected chi connectivity index (χ0v) is 11.6. The maximum atomic E-state index is 12.2. The molecule has 0 radical (unpaired) electrons. The van der Waals surface area contributed by atoms with E-state index in [1.54, 1.807) is 11.4 Å². The molecular weight excluding hydrogens is 273 g/mol. The number of unbranched alkanes of at least 4 members (excludes halogenated alkanes) is 2. The molecule has 0 saturated carbocycles. The summed E-state index contributed by atoms with van der Waals surface area (Å²) in [5, 5.41) is 2.03. The maximum absolute atomic E-state index is 12.2. The van der Waals surface area contributed by atoms with E-state index in [1.165, 1.54) is 11.3 Å². The molecule has 1 aromatic rings. The Kier molecular flexibility index (Phi) is 9.35. The van der Waals surface area contributed by atoms with Crippen LogP contribution in [0.15, 0.2) is 11.4 Å². The minimum absolute atomic E-state index is 0. The number of carbonyl (C=O) groups is 2. The summed E-state index contributed by atoms with van der Waals surface area (Å²) in [7, 11) is 0. The third-order valence-electron chi connectivity index (χ3n) is 2.78. The summed E-state index contributed by atoms with van der Waals surface area (Å²) in [5.74, 6) is -0.0371. The molecule has 102 valence electrons. The van der Waals surface area contributed by atoms with E-state index in [-0.39, 0.29) is 41.3 Å². The van der Waals surface area contributed by atoms with Crippen LogP contribution < -0.4 is 10.5 Å². The molecule has 0 bridgehead atoms. The summed E-state index contributed by atoms with van der Waals surface area (Å²) in [6.45, 7) is 4.04. The number of ether oxygens (including phenoxy) is 1. The molecule has 0 aromatic carbocycles. The van der Waals surface area contributed by atoms with E-state index >= 15 is 0 Å². The van der Waals surface area contributed by atoms with E-state index in [4.69, 9.17) is 10.5 Å². The fraction of sp³-hybridized carbons (Fsp3) is 0.538. The number of primary amides is 1. The first-order valence-corrected chi connectivity index (χ1v) is 7.03. The summed E-state index contributed by atoms with van der Waals surface area (Å²) >= 11 is 1.21. The number of nitrogens with two attached hydrogens (primary N) is 1. The minimum atomic E-state index is -0.884. The molecule has 4 nitrogen and oxygen atoms in total. The van der Waals surface area contributed by atoms with E-state index in [1.807, 2.05) is 6.92 Å². The summed E-state index contributed by atoms with van der Waals surface area (Å²) < 4.78 is 4.82. The van der Waals surface area contributed by atoms with Crippen molar-refractivity contribution >= 4 is 52.8 Å². The molecule has 1 atom stereocenters. The third-order valence-corrected chi connectivity index (χ3v) is 3.57. The fourth-order valence-electron chi connectivity index (χ4n) is 1.75. The van der Waals surface area contributed by atoms with Gasteiger partial charge in [-0.25, -0.2) is 4.79 Å². The molecule has 6 heteroatoms. The topological polar surface area (TPSA) is 69.4 Å². The van der Waals surface area contributed by atoms with Crippen LogP contribution in [0.1, 0.15) is 49.9 Å². The van der Waals surface area contributed by atoms with Crippen LogP contribution in [-0.4, -0.2) is 41.4 Å². The van der Waals surface area contributed by atoms with Gasteiger partial charge in [0.15, 0.2) is 10.8 Å². The number of carbonyl (C=O) groups excluding carboxylic acids is 2. The summed E-state index contributed by atoms with van der Waals surface area (Å²) in [5.41, 5.74) is 5.42. The Hall–Kier alpha value is -0.360. The number of amides is 1. The molecular formula is C13H20NNaO3S. The van der Waals surface area contributed by atoms with E-state index in [9.17, 15) is 9.59 Å². The van der Waals surface area contributed by atoms with Crippen LogP contribution in [0.2, 0.25) is 0 Å².